The molecule has 6 heteroatoms. The van der Waals surface area contributed by atoms with E-state index in [1.165, 1.54) is 51.1 Å². The first-order chi connectivity index (χ1) is 31.7. The van der Waals surface area contributed by atoms with Crippen molar-refractivity contribution in [3.8, 4) is 0 Å². The lowest BCUT2D eigenvalue weighted by atomic mass is 10.0. The van der Waals surface area contributed by atoms with E-state index < -0.39 is 0 Å². The molecule has 14 rings (SSSR count). The van der Waals surface area contributed by atoms with Crippen LogP contribution in [0.1, 0.15) is 0 Å². The molecule has 300 valence electrons. The molecule has 0 bridgehead atoms. The molecule has 0 unspecified atom stereocenters. The normalized spacial score (nSPS) is 12.1. The Morgan fingerprint density at radius 2 is 0.656 bits per heavy atom. The molecule has 0 aliphatic carbocycles. The van der Waals surface area contributed by atoms with Crippen LogP contribution >= 0.6 is 22.7 Å². The number of anilines is 6. The SMILES string of the molecule is c1ccc(N(c2ccc3c(c2)sc2c3ccc3c2ccc2c4ccc(N(c5ccccc5)c5cccc6c5oc5ccccc56)cc4sc23)c2cccc3c2oc2ccccc23)cc1. The number of para-hydroxylation sites is 6. The van der Waals surface area contributed by atoms with Crippen molar-refractivity contribution in [2.75, 3.05) is 9.80 Å². The van der Waals surface area contributed by atoms with Crippen LogP contribution in [0, 0.1) is 0 Å². The molecule has 0 amide bonds. The molecular formula is C58H34N2O2S2. The third-order valence-corrected chi connectivity index (χ3v) is 15.2. The van der Waals surface area contributed by atoms with E-state index in [1.807, 2.05) is 34.8 Å². The van der Waals surface area contributed by atoms with Gasteiger partial charge in [-0.3, -0.25) is 0 Å². The molecule has 64 heavy (non-hydrogen) atoms. The molecule has 0 aliphatic rings. The number of furan rings is 2. The van der Waals surface area contributed by atoms with Gasteiger partial charge in [0.1, 0.15) is 11.2 Å². The fourth-order valence-corrected chi connectivity index (χ4v) is 12.5. The van der Waals surface area contributed by atoms with E-state index in [1.54, 1.807) is 0 Å². The number of rotatable bonds is 6. The highest BCUT2D eigenvalue weighted by atomic mass is 32.1. The summed E-state index contributed by atoms with van der Waals surface area (Å²) in [5.41, 5.74) is 9.91. The lowest BCUT2D eigenvalue weighted by Gasteiger charge is -2.25. The van der Waals surface area contributed by atoms with Crippen molar-refractivity contribution >= 4 is 152 Å². The Morgan fingerprint density at radius 3 is 1.11 bits per heavy atom. The predicted octanol–water partition coefficient (Wildman–Crippen LogP) is 18.3. The van der Waals surface area contributed by atoms with Crippen LogP contribution in [0.2, 0.25) is 0 Å². The Kier molecular flexibility index (Phi) is 7.69. The number of fused-ring (bicyclic) bond motifs is 15. The molecule has 4 nitrogen and oxygen atoms in total. The van der Waals surface area contributed by atoms with Gasteiger partial charge in [0.2, 0.25) is 0 Å². The number of nitrogens with zero attached hydrogens (tertiary/aromatic N) is 2. The minimum absolute atomic E-state index is 0.880. The summed E-state index contributed by atoms with van der Waals surface area (Å²) < 4.78 is 18.3. The predicted molar refractivity (Wildman–Crippen MR) is 274 cm³/mol. The highest BCUT2D eigenvalue weighted by Gasteiger charge is 2.23. The zero-order chi connectivity index (χ0) is 41.9. The van der Waals surface area contributed by atoms with Gasteiger partial charge in [-0.2, -0.15) is 0 Å². The monoisotopic (exact) mass is 854 g/mol. The van der Waals surface area contributed by atoms with Crippen molar-refractivity contribution in [2.45, 2.75) is 0 Å². The van der Waals surface area contributed by atoms with Gasteiger partial charge in [0.15, 0.2) is 11.2 Å². The van der Waals surface area contributed by atoms with Crippen LogP contribution in [-0.4, -0.2) is 0 Å². The Balaban J connectivity index is 0.911. The molecule has 0 N–H and O–H groups in total. The molecule has 0 radical (unpaired) electrons. The third kappa shape index (κ3) is 5.27. The number of thiophene rings is 2. The van der Waals surface area contributed by atoms with E-state index in [4.69, 9.17) is 8.83 Å². The molecular weight excluding hydrogens is 821 g/mol. The van der Waals surface area contributed by atoms with Crippen molar-refractivity contribution in [3.63, 3.8) is 0 Å². The summed E-state index contributed by atoms with van der Waals surface area (Å²) in [4.78, 5) is 4.66. The zero-order valence-corrected chi connectivity index (χ0v) is 35.8. The second kappa shape index (κ2) is 13.8. The van der Waals surface area contributed by atoms with Crippen LogP contribution in [0.25, 0.3) is 95.0 Å². The summed E-state index contributed by atoms with van der Waals surface area (Å²) in [5, 5.41) is 12.1. The van der Waals surface area contributed by atoms with Gasteiger partial charge in [0.05, 0.1) is 11.4 Å². The standard InChI is InChI=1S/C58H34N2O2S2/c1-3-13-35(14-4-1)59(49-21-11-19-43-39-17-7-9-23-51(39)61-55(43)49)37-25-27-41-45-29-31-48-47(57(45)63-53(41)33-37)32-30-46-42-28-26-38(34-54(42)64-58(46)48)60(36-15-5-2-6-16-36)50-22-12-20-44-40-18-8-10-24-52(40)62-56(44)50/h1-34H. The first-order valence-corrected chi connectivity index (χ1v) is 23.1. The topological polar surface area (TPSA) is 32.8 Å². The molecule has 0 aliphatic heterocycles. The van der Waals surface area contributed by atoms with E-state index in [9.17, 15) is 0 Å². The van der Waals surface area contributed by atoms with E-state index in [-0.39, 0.29) is 0 Å². The van der Waals surface area contributed by atoms with Crippen molar-refractivity contribution in [2.24, 2.45) is 0 Å². The van der Waals surface area contributed by atoms with Gasteiger partial charge < -0.3 is 18.6 Å². The van der Waals surface area contributed by atoms with Gasteiger partial charge in [0, 0.05) is 95.4 Å². The van der Waals surface area contributed by atoms with Crippen molar-refractivity contribution < 1.29 is 8.83 Å². The lowest BCUT2D eigenvalue weighted by Crippen LogP contribution is -2.09. The highest BCUT2D eigenvalue weighted by molar-refractivity contribution is 7.28. The largest absolute Gasteiger partial charge is 0.454 e. The van der Waals surface area contributed by atoms with E-state index in [2.05, 4.69) is 204 Å². The van der Waals surface area contributed by atoms with Crippen LogP contribution in [0.4, 0.5) is 34.1 Å². The smallest absolute Gasteiger partial charge is 0.159 e. The zero-order valence-electron chi connectivity index (χ0n) is 34.2. The van der Waals surface area contributed by atoms with Crippen LogP contribution in [0.5, 0.6) is 0 Å². The van der Waals surface area contributed by atoms with Crippen molar-refractivity contribution in [1.82, 2.24) is 0 Å². The number of benzene rings is 10. The van der Waals surface area contributed by atoms with Crippen LogP contribution in [0.15, 0.2) is 215 Å². The summed E-state index contributed by atoms with van der Waals surface area (Å²) in [7, 11) is 0. The average Bonchev–Trinajstić information content (AvgIpc) is 4.13. The summed E-state index contributed by atoms with van der Waals surface area (Å²) >= 11 is 3.76. The maximum atomic E-state index is 6.59. The minimum atomic E-state index is 0.880. The van der Waals surface area contributed by atoms with E-state index in [0.717, 1.165) is 78.0 Å². The number of hydrogen-bond acceptors (Lipinski definition) is 6. The van der Waals surface area contributed by atoms with Crippen LogP contribution < -0.4 is 9.80 Å². The summed E-state index contributed by atoms with van der Waals surface area (Å²) in [6, 6.07) is 73.9. The maximum absolute atomic E-state index is 6.59. The fourth-order valence-electron chi connectivity index (χ4n) is 9.95. The van der Waals surface area contributed by atoms with Gasteiger partial charge in [-0.05, 0) is 72.8 Å². The van der Waals surface area contributed by atoms with Gasteiger partial charge in [-0.1, -0.05) is 133 Å². The van der Waals surface area contributed by atoms with Gasteiger partial charge in [-0.15, -0.1) is 22.7 Å². The third-order valence-electron chi connectivity index (χ3n) is 12.8. The molecule has 0 fully saturated rings. The molecule has 4 heterocycles. The molecule has 0 saturated carbocycles. The molecule has 4 aromatic heterocycles. The molecule has 10 aromatic carbocycles. The second-order valence-electron chi connectivity index (χ2n) is 16.4. The van der Waals surface area contributed by atoms with E-state index in [0.29, 0.717) is 0 Å². The second-order valence-corrected chi connectivity index (χ2v) is 18.5. The molecule has 0 spiro atoms. The average molecular weight is 855 g/mol. The van der Waals surface area contributed by atoms with E-state index >= 15 is 0 Å². The van der Waals surface area contributed by atoms with Crippen LogP contribution in [0.3, 0.4) is 0 Å². The van der Waals surface area contributed by atoms with Gasteiger partial charge in [0.25, 0.3) is 0 Å². The van der Waals surface area contributed by atoms with Crippen LogP contribution in [-0.2, 0) is 0 Å². The Hall–Kier alpha value is -7.90. The van der Waals surface area contributed by atoms with Gasteiger partial charge in [-0.25, -0.2) is 0 Å². The summed E-state index contributed by atoms with van der Waals surface area (Å²) in [6.07, 6.45) is 0. The quantitative estimate of drug-likeness (QED) is 0.167. The first kappa shape index (κ1) is 35.7. The molecule has 14 aromatic rings. The Bertz CT molecular complexity index is 3890. The molecule has 0 atom stereocenters. The Morgan fingerprint density at radius 1 is 0.281 bits per heavy atom. The van der Waals surface area contributed by atoms with Crippen molar-refractivity contribution in [1.29, 1.82) is 0 Å². The number of hydrogen-bond donors (Lipinski definition) is 0. The maximum Gasteiger partial charge on any atom is 0.159 e. The summed E-state index contributed by atoms with van der Waals surface area (Å²) in [6.45, 7) is 0. The highest BCUT2D eigenvalue weighted by Crippen LogP contribution is 2.49. The fraction of sp³-hybridized carbons (Fsp3) is 0. The summed E-state index contributed by atoms with van der Waals surface area (Å²) in [5.74, 6) is 0. The Labute approximate surface area is 374 Å². The lowest BCUT2D eigenvalue weighted by molar-refractivity contribution is 0.668. The van der Waals surface area contributed by atoms with Crippen molar-refractivity contribution in [3.05, 3.63) is 206 Å². The molecule has 0 saturated heterocycles. The minimum Gasteiger partial charge on any atom is -0.454 e. The first-order valence-electron chi connectivity index (χ1n) is 21.5. The van der Waals surface area contributed by atoms with Gasteiger partial charge >= 0.3 is 0 Å².